The van der Waals surface area contributed by atoms with Gasteiger partial charge in [-0.15, -0.1) is 0 Å². The van der Waals surface area contributed by atoms with E-state index in [1.807, 2.05) is 0 Å². The van der Waals surface area contributed by atoms with Crippen LogP contribution in [0.4, 0.5) is 21.9 Å². The number of allylic oxidation sites excluding steroid dienone is 2. The molecule has 11 heteroatoms. The Morgan fingerprint density at radius 3 is 2.38 bits per heavy atom. The first-order valence-corrected chi connectivity index (χ1v) is 14.5. The van der Waals surface area contributed by atoms with Gasteiger partial charge >= 0.3 is 6.03 Å². The van der Waals surface area contributed by atoms with Crippen molar-refractivity contribution in [3.63, 3.8) is 0 Å². The topological polar surface area (TPSA) is 98.8 Å². The van der Waals surface area contributed by atoms with Crippen molar-refractivity contribution in [1.29, 1.82) is 0 Å². The maximum Gasteiger partial charge on any atom is 0.326 e. The maximum atomic E-state index is 13.1. The van der Waals surface area contributed by atoms with E-state index in [-0.39, 0.29) is 11.4 Å². The molecule has 40 heavy (non-hydrogen) atoms. The van der Waals surface area contributed by atoms with Gasteiger partial charge in [0.2, 0.25) is 16.4 Å². The molecule has 0 unspecified atom stereocenters. The molecule has 0 aromatic heterocycles. The molecule has 0 spiro atoms. The molecular weight excluding hydrogens is 571 g/mol. The van der Waals surface area contributed by atoms with Crippen molar-refractivity contribution in [2.75, 3.05) is 16.8 Å². The van der Waals surface area contributed by atoms with Gasteiger partial charge in [0.05, 0.1) is 22.8 Å². The summed E-state index contributed by atoms with van der Waals surface area (Å²) in [6, 6.07) is 17.9. The first-order chi connectivity index (χ1) is 18.9. The number of hydrogen-bond donors (Lipinski definition) is 2. The second-order valence-electron chi connectivity index (χ2n) is 10.0. The molecule has 8 nitrogen and oxygen atoms in total. The average Bonchev–Trinajstić information content (AvgIpc) is 2.89. The molecule has 1 heterocycles. The first kappa shape index (κ1) is 29.4. The molecule has 0 bridgehead atoms. The number of benzene rings is 3. The molecule has 3 aromatic carbocycles. The van der Waals surface area contributed by atoms with Crippen LogP contribution < -0.4 is 14.9 Å². The fourth-order valence-corrected chi connectivity index (χ4v) is 6.14. The normalized spacial score (nSPS) is 13.5. The summed E-state index contributed by atoms with van der Waals surface area (Å²) in [7, 11) is -3.79. The van der Waals surface area contributed by atoms with Gasteiger partial charge in [-0.05, 0) is 74.9 Å². The highest BCUT2D eigenvalue weighted by atomic mass is 35.5. The van der Waals surface area contributed by atoms with Crippen LogP contribution in [0.5, 0.6) is 0 Å². The number of hydrogen-bond acceptors (Lipinski definition) is 4. The number of anilines is 3. The van der Waals surface area contributed by atoms with E-state index in [0.717, 1.165) is 0 Å². The number of sulfonamides is 1. The molecule has 0 fully saturated rings. The molecule has 3 aromatic rings. The van der Waals surface area contributed by atoms with Gasteiger partial charge in [0.1, 0.15) is 0 Å². The van der Waals surface area contributed by atoms with Crippen molar-refractivity contribution in [3.8, 4) is 11.1 Å². The van der Waals surface area contributed by atoms with Crippen LogP contribution in [0, 0.1) is 0 Å². The summed E-state index contributed by atoms with van der Waals surface area (Å²) in [5.74, 6) is 0. The molecular formula is C29H28Cl2N4O4S. The number of rotatable bonds is 7. The Labute approximate surface area is 243 Å². The summed E-state index contributed by atoms with van der Waals surface area (Å²) in [6.45, 7) is 5.54. The third-order valence-corrected chi connectivity index (χ3v) is 8.06. The average molecular weight is 600 g/mol. The highest BCUT2D eigenvalue weighted by Gasteiger charge is 2.25. The standard InChI is InChI=1S/C29H28Cl2N4O4S/c1-29(2,3)33-40(38,39)27-9-5-4-8-24(27)20-10-13-23(14-11-20)35(19-36)26-15-12-21(30)17-25(26)32-28(37)34-16-6-7-22(31)18-34/h4-17,19,33H,18H2,1-3H3,(H,32,37). The Hall–Kier alpha value is -3.63. The van der Waals surface area contributed by atoms with Gasteiger partial charge in [-0.1, -0.05) is 53.5 Å². The summed E-state index contributed by atoms with van der Waals surface area (Å²) in [6.07, 6.45) is 5.58. The third kappa shape index (κ3) is 6.92. The fourth-order valence-electron chi connectivity index (χ4n) is 4.12. The van der Waals surface area contributed by atoms with Gasteiger partial charge in [0.25, 0.3) is 0 Å². The predicted octanol–water partition coefficient (Wildman–Crippen LogP) is 6.86. The van der Waals surface area contributed by atoms with Crippen molar-refractivity contribution in [3.05, 3.63) is 95.1 Å². The van der Waals surface area contributed by atoms with E-state index < -0.39 is 21.6 Å². The predicted molar refractivity (Wildman–Crippen MR) is 160 cm³/mol. The number of halogens is 2. The Bertz CT molecular complexity index is 1600. The van der Waals surface area contributed by atoms with E-state index in [9.17, 15) is 18.0 Å². The molecule has 4 rings (SSSR count). The van der Waals surface area contributed by atoms with Gasteiger partial charge < -0.3 is 5.32 Å². The van der Waals surface area contributed by atoms with Gasteiger partial charge in [-0.3, -0.25) is 14.6 Å². The second-order valence-corrected chi connectivity index (χ2v) is 12.6. The highest BCUT2D eigenvalue weighted by molar-refractivity contribution is 7.89. The Morgan fingerprint density at radius 2 is 1.73 bits per heavy atom. The zero-order chi connectivity index (χ0) is 29.1. The van der Waals surface area contributed by atoms with Crippen LogP contribution in [0.1, 0.15) is 20.8 Å². The van der Waals surface area contributed by atoms with Crippen LogP contribution in [-0.4, -0.2) is 37.8 Å². The van der Waals surface area contributed by atoms with Crippen molar-refractivity contribution >= 4 is 62.7 Å². The monoisotopic (exact) mass is 598 g/mol. The molecule has 208 valence electrons. The number of amides is 3. The molecule has 1 aliphatic rings. The van der Waals surface area contributed by atoms with Crippen molar-refractivity contribution in [2.24, 2.45) is 0 Å². The van der Waals surface area contributed by atoms with Crippen LogP contribution in [0.3, 0.4) is 0 Å². The Morgan fingerprint density at radius 1 is 1.02 bits per heavy atom. The zero-order valence-corrected chi connectivity index (χ0v) is 24.4. The molecule has 3 amide bonds. The Kier molecular flexibility index (Phi) is 8.70. The lowest BCUT2D eigenvalue weighted by Crippen LogP contribution is -2.40. The largest absolute Gasteiger partial charge is 0.326 e. The summed E-state index contributed by atoms with van der Waals surface area (Å²) in [4.78, 5) is 28.1. The van der Waals surface area contributed by atoms with E-state index in [2.05, 4.69) is 10.0 Å². The van der Waals surface area contributed by atoms with Crippen LogP contribution in [0.15, 0.2) is 95.0 Å². The van der Waals surface area contributed by atoms with Crippen molar-refractivity contribution in [1.82, 2.24) is 9.62 Å². The summed E-state index contributed by atoms with van der Waals surface area (Å²) >= 11 is 12.3. The lowest BCUT2D eigenvalue weighted by Gasteiger charge is -2.25. The minimum absolute atomic E-state index is 0.148. The van der Waals surface area contributed by atoms with Crippen molar-refractivity contribution < 1.29 is 18.0 Å². The SMILES string of the molecule is CC(C)(C)NS(=O)(=O)c1ccccc1-c1ccc(N(C=O)c2ccc(Cl)cc2NC(=O)N2C=CC=C(Cl)C2)cc1. The molecule has 0 aliphatic carbocycles. The van der Waals surface area contributed by atoms with Gasteiger partial charge in [0.15, 0.2) is 0 Å². The Balaban J connectivity index is 1.65. The molecule has 1 aliphatic heterocycles. The number of carbonyl (C=O) groups excluding carboxylic acids is 2. The molecule has 0 saturated carbocycles. The molecule has 0 saturated heterocycles. The van der Waals surface area contributed by atoms with Crippen LogP contribution in [0.25, 0.3) is 11.1 Å². The lowest BCUT2D eigenvalue weighted by atomic mass is 10.0. The lowest BCUT2D eigenvalue weighted by molar-refractivity contribution is -0.106. The fraction of sp³-hybridized carbons (Fsp3) is 0.172. The van der Waals surface area contributed by atoms with E-state index in [1.54, 1.807) is 106 Å². The zero-order valence-electron chi connectivity index (χ0n) is 22.1. The summed E-state index contributed by atoms with van der Waals surface area (Å²) in [5, 5.41) is 3.67. The summed E-state index contributed by atoms with van der Waals surface area (Å²) < 4.78 is 28.9. The minimum Gasteiger partial charge on any atom is -0.305 e. The minimum atomic E-state index is -3.79. The third-order valence-electron chi connectivity index (χ3n) is 5.76. The highest BCUT2D eigenvalue weighted by Crippen LogP contribution is 2.35. The van der Waals surface area contributed by atoms with Gasteiger partial charge in [0, 0.05) is 33.0 Å². The maximum absolute atomic E-state index is 13.1. The number of nitrogens with one attached hydrogen (secondary N) is 2. The van der Waals surface area contributed by atoms with E-state index >= 15 is 0 Å². The van der Waals surface area contributed by atoms with Crippen LogP contribution in [-0.2, 0) is 14.8 Å². The van der Waals surface area contributed by atoms with E-state index in [1.165, 1.54) is 9.80 Å². The second kappa shape index (κ2) is 11.9. The van der Waals surface area contributed by atoms with E-state index in [4.69, 9.17) is 23.2 Å². The first-order valence-electron chi connectivity index (χ1n) is 12.3. The smallest absolute Gasteiger partial charge is 0.305 e. The van der Waals surface area contributed by atoms with Gasteiger partial charge in [-0.25, -0.2) is 17.9 Å². The van der Waals surface area contributed by atoms with Gasteiger partial charge in [-0.2, -0.15) is 0 Å². The number of carbonyl (C=O) groups is 2. The molecule has 0 atom stereocenters. The van der Waals surface area contributed by atoms with E-state index in [0.29, 0.717) is 44.7 Å². The number of nitrogens with zero attached hydrogens (tertiary/aromatic N) is 2. The number of urea groups is 1. The summed E-state index contributed by atoms with van der Waals surface area (Å²) in [5.41, 5.74) is 1.71. The van der Waals surface area contributed by atoms with Crippen LogP contribution in [0.2, 0.25) is 5.02 Å². The molecule has 2 N–H and O–H groups in total. The van der Waals surface area contributed by atoms with Crippen LogP contribution >= 0.6 is 23.2 Å². The molecule has 0 radical (unpaired) electrons. The quantitative estimate of drug-likeness (QED) is 0.290. The van der Waals surface area contributed by atoms with Crippen molar-refractivity contribution in [2.45, 2.75) is 31.2 Å².